The number of aliphatic hydroxyl groups excluding tert-OH is 1. The molecular weight excluding hydrogens is 287 g/mol. The smallest absolute Gasteiger partial charge is 0.457 e. The van der Waals surface area contributed by atoms with E-state index in [-0.39, 0.29) is 12.4 Å². The first-order valence-corrected chi connectivity index (χ1v) is 5.97. The number of aromatic nitrogens is 1. The molecule has 1 N–H and O–H groups in total. The van der Waals surface area contributed by atoms with Gasteiger partial charge in [0.2, 0.25) is 0 Å². The Labute approximate surface area is 118 Å². The van der Waals surface area contributed by atoms with Crippen LogP contribution in [0.15, 0.2) is 36.5 Å². The van der Waals surface area contributed by atoms with Crippen LogP contribution in [0, 0.1) is 6.92 Å². The molecule has 0 aliphatic rings. The number of hydrogen-bond donors (Lipinski definition) is 1. The molecular formula is C14H12F3NO3. The van der Waals surface area contributed by atoms with E-state index in [1.54, 1.807) is 13.0 Å². The molecule has 0 aliphatic heterocycles. The van der Waals surface area contributed by atoms with Crippen LogP contribution in [0.4, 0.5) is 13.2 Å². The van der Waals surface area contributed by atoms with Crippen molar-refractivity contribution in [1.82, 2.24) is 4.98 Å². The second-order valence-electron chi connectivity index (χ2n) is 4.21. The average Bonchev–Trinajstić information content (AvgIpc) is 2.40. The zero-order valence-corrected chi connectivity index (χ0v) is 11.0. The van der Waals surface area contributed by atoms with Crippen LogP contribution in [-0.4, -0.2) is 16.5 Å². The molecule has 0 spiro atoms. The van der Waals surface area contributed by atoms with Crippen LogP contribution in [0.25, 0.3) is 0 Å². The van der Waals surface area contributed by atoms with Crippen LogP contribution in [-0.2, 0) is 6.61 Å². The van der Waals surface area contributed by atoms with Crippen LogP contribution >= 0.6 is 0 Å². The minimum Gasteiger partial charge on any atom is -0.457 e. The van der Waals surface area contributed by atoms with Gasteiger partial charge < -0.3 is 14.6 Å². The first-order chi connectivity index (χ1) is 9.87. The van der Waals surface area contributed by atoms with Gasteiger partial charge in [-0.3, -0.25) is 4.98 Å². The molecule has 0 radical (unpaired) electrons. The SMILES string of the molecule is Cc1cc(Oc2ccc(OC(F)(F)F)cc2)c(CO)cn1. The van der Waals surface area contributed by atoms with Crippen LogP contribution in [0.5, 0.6) is 17.2 Å². The number of alkyl halides is 3. The Morgan fingerprint density at radius 1 is 1.14 bits per heavy atom. The summed E-state index contributed by atoms with van der Waals surface area (Å²) in [5, 5.41) is 9.19. The maximum absolute atomic E-state index is 12.0. The van der Waals surface area contributed by atoms with Crippen molar-refractivity contribution in [3.05, 3.63) is 47.8 Å². The van der Waals surface area contributed by atoms with Crippen LogP contribution < -0.4 is 9.47 Å². The molecule has 0 atom stereocenters. The Kier molecular flexibility index (Phi) is 4.32. The third-order valence-corrected chi connectivity index (χ3v) is 2.54. The van der Waals surface area contributed by atoms with Crippen molar-refractivity contribution in [2.24, 2.45) is 0 Å². The molecule has 4 nitrogen and oxygen atoms in total. The third kappa shape index (κ3) is 4.35. The zero-order chi connectivity index (χ0) is 15.5. The first kappa shape index (κ1) is 15.1. The van der Waals surface area contributed by atoms with Gasteiger partial charge in [0, 0.05) is 23.5 Å². The number of aliphatic hydroxyl groups is 1. The minimum absolute atomic E-state index is 0.252. The van der Waals surface area contributed by atoms with E-state index in [2.05, 4.69) is 9.72 Å². The van der Waals surface area contributed by atoms with Crippen molar-refractivity contribution in [2.45, 2.75) is 19.9 Å². The number of aryl methyl sites for hydroxylation is 1. The lowest BCUT2D eigenvalue weighted by molar-refractivity contribution is -0.274. The summed E-state index contributed by atoms with van der Waals surface area (Å²) in [6.45, 7) is 1.51. The van der Waals surface area contributed by atoms with Crippen molar-refractivity contribution < 1.29 is 27.8 Å². The van der Waals surface area contributed by atoms with Crippen LogP contribution in [0.1, 0.15) is 11.3 Å². The Balaban J connectivity index is 2.15. The molecule has 2 aromatic rings. The molecule has 0 saturated carbocycles. The number of benzene rings is 1. The maximum Gasteiger partial charge on any atom is 0.573 e. The van der Waals surface area contributed by atoms with Crippen molar-refractivity contribution in [2.75, 3.05) is 0 Å². The standard InChI is InChI=1S/C14H12F3NO3/c1-9-6-13(10(8-19)7-18-9)20-11-2-4-12(5-3-11)21-14(15,16)17/h2-7,19H,8H2,1H3. The predicted molar refractivity (Wildman–Crippen MR) is 68.1 cm³/mol. The lowest BCUT2D eigenvalue weighted by Gasteiger charge is -2.12. The van der Waals surface area contributed by atoms with Gasteiger partial charge in [0.25, 0.3) is 0 Å². The molecule has 21 heavy (non-hydrogen) atoms. The molecule has 0 bridgehead atoms. The molecule has 0 amide bonds. The van der Waals surface area contributed by atoms with E-state index in [1.807, 2.05) is 0 Å². The molecule has 0 saturated heterocycles. The average molecular weight is 299 g/mol. The number of pyridine rings is 1. The van der Waals surface area contributed by atoms with E-state index in [9.17, 15) is 18.3 Å². The Hall–Kier alpha value is -2.28. The summed E-state index contributed by atoms with van der Waals surface area (Å²) in [6.07, 6.45) is -3.25. The molecule has 0 fully saturated rings. The monoisotopic (exact) mass is 299 g/mol. The van der Waals surface area contributed by atoms with Gasteiger partial charge in [0.05, 0.1) is 6.61 Å². The van der Waals surface area contributed by atoms with Gasteiger partial charge in [-0.25, -0.2) is 0 Å². The highest BCUT2D eigenvalue weighted by atomic mass is 19.4. The fourth-order valence-electron chi connectivity index (χ4n) is 1.61. The van der Waals surface area contributed by atoms with Crippen molar-refractivity contribution in [3.63, 3.8) is 0 Å². The largest absolute Gasteiger partial charge is 0.573 e. The lowest BCUT2D eigenvalue weighted by atomic mass is 10.2. The summed E-state index contributed by atoms with van der Waals surface area (Å²) in [6, 6.07) is 6.62. The summed E-state index contributed by atoms with van der Waals surface area (Å²) < 4.78 is 45.4. The number of ether oxygens (including phenoxy) is 2. The normalized spacial score (nSPS) is 11.3. The second-order valence-corrected chi connectivity index (χ2v) is 4.21. The van der Waals surface area contributed by atoms with Gasteiger partial charge in [0.1, 0.15) is 17.2 Å². The van der Waals surface area contributed by atoms with Gasteiger partial charge in [-0.1, -0.05) is 0 Å². The summed E-state index contributed by atoms with van der Waals surface area (Å²) in [5.74, 6) is 0.391. The first-order valence-electron chi connectivity index (χ1n) is 5.97. The number of hydrogen-bond acceptors (Lipinski definition) is 4. The quantitative estimate of drug-likeness (QED) is 0.937. The third-order valence-electron chi connectivity index (χ3n) is 2.54. The van der Waals surface area contributed by atoms with Gasteiger partial charge >= 0.3 is 6.36 Å². The second kappa shape index (κ2) is 6.01. The summed E-state index contributed by atoms with van der Waals surface area (Å²) in [4.78, 5) is 4.02. The zero-order valence-electron chi connectivity index (χ0n) is 11.0. The van der Waals surface area contributed by atoms with E-state index < -0.39 is 6.36 Å². The van der Waals surface area contributed by atoms with Crippen molar-refractivity contribution in [3.8, 4) is 17.2 Å². The van der Waals surface area contributed by atoms with E-state index in [1.165, 1.54) is 18.3 Å². The highest BCUT2D eigenvalue weighted by Gasteiger charge is 2.30. The molecule has 0 aliphatic carbocycles. The maximum atomic E-state index is 12.0. The van der Waals surface area contributed by atoms with Crippen molar-refractivity contribution >= 4 is 0 Å². The highest BCUT2D eigenvalue weighted by molar-refractivity contribution is 5.39. The molecule has 1 heterocycles. The Morgan fingerprint density at radius 2 is 1.76 bits per heavy atom. The topological polar surface area (TPSA) is 51.6 Å². The van der Waals surface area contributed by atoms with Crippen LogP contribution in [0.3, 0.4) is 0 Å². The molecule has 7 heteroatoms. The van der Waals surface area contributed by atoms with E-state index >= 15 is 0 Å². The molecule has 1 aromatic heterocycles. The van der Waals surface area contributed by atoms with Gasteiger partial charge in [0.15, 0.2) is 0 Å². The van der Waals surface area contributed by atoms with Gasteiger partial charge in [-0.2, -0.15) is 0 Å². The summed E-state index contributed by atoms with van der Waals surface area (Å²) in [7, 11) is 0. The van der Waals surface area contributed by atoms with E-state index in [4.69, 9.17) is 4.74 Å². The van der Waals surface area contributed by atoms with Crippen molar-refractivity contribution in [1.29, 1.82) is 0 Å². The van der Waals surface area contributed by atoms with E-state index in [0.717, 1.165) is 12.1 Å². The fraction of sp³-hybridized carbons (Fsp3) is 0.214. The molecule has 112 valence electrons. The number of nitrogens with zero attached hydrogens (tertiary/aromatic N) is 1. The Morgan fingerprint density at radius 3 is 2.33 bits per heavy atom. The minimum atomic E-state index is -4.73. The van der Waals surface area contributed by atoms with Crippen LogP contribution in [0.2, 0.25) is 0 Å². The van der Waals surface area contributed by atoms with E-state index in [0.29, 0.717) is 22.8 Å². The van der Waals surface area contributed by atoms with Gasteiger partial charge in [-0.05, 0) is 31.2 Å². The molecule has 2 rings (SSSR count). The summed E-state index contributed by atoms with van der Waals surface area (Å²) in [5.41, 5.74) is 1.18. The lowest BCUT2D eigenvalue weighted by Crippen LogP contribution is -2.16. The predicted octanol–water partition coefficient (Wildman–Crippen LogP) is 3.57. The molecule has 1 aromatic carbocycles. The van der Waals surface area contributed by atoms with Gasteiger partial charge in [-0.15, -0.1) is 13.2 Å². The highest BCUT2D eigenvalue weighted by Crippen LogP contribution is 2.29. The number of halogens is 3. The number of rotatable bonds is 4. The Bertz CT molecular complexity index is 612. The fourth-order valence-corrected chi connectivity index (χ4v) is 1.61. The molecule has 0 unspecified atom stereocenters. The summed E-state index contributed by atoms with van der Waals surface area (Å²) >= 11 is 0.